The van der Waals surface area contributed by atoms with Gasteiger partial charge in [0.05, 0.1) is 6.61 Å². The van der Waals surface area contributed by atoms with Gasteiger partial charge >= 0.3 is 0 Å². The average molecular weight is 177 g/mol. The first-order valence-corrected chi connectivity index (χ1v) is 4.33. The Balaban J connectivity index is 2.77. The summed E-state index contributed by atoms with van der Waals surface area (Å²) in [6, 6.07) is 9.69. The smallest absolute Gasteiger partial charge is 0.0621 e. The highest BCUT2D eigenvalue weighted by Crippen LogP contribution is 2.07. The summed E-state index contributed by atoms with van der Waals surface area (Å²) in [5.41, 5.74) is 7.75. The lowest BCUT2D eigenvalue weighted by atomic mass is 10.1. The summed E-state index contributed by atoms with van der Waals surface area (Å²) in [7, 11) is 0. The molecule has 0 saturated carbocycles. The van der Waals surface area contributed by atoms with Crippen molar-refractivity contribution in [2.24, 2.45) is 5.73 Å². The van der Waals surface area contributed by atoms with E-state index in [4.69, 9.17) is 10.8 Å². The number of hydrogen-bond acceptors (Lipinski definition) is 2. The van der Waals surface area contributed by atoms with Gasteiger partial charge in [-0.3, -0.25) is 0 Å². The van der Waals surface area contributed by atoms with E-state index in [0.717, 1.165) is 11.1 Å². The van der Waals surface area contributed by atoms with Crippen LogP contribution in [0.1, 0.15) is 12.5 Å². The van der Waals surface area contributed by atoms with Crippen LogP contribution >= 0.6 is 0 Å². The molecule has 0 saturated heterocycles. The van der Waals surface area contributed by atoms with Crippen molar-refractivity contribution in [2.45, 2.75) is 13.0 Å². The van der Waals surface area contributed by atoms with Crippen molar-refractivity contribution in [1.82, 2.24) is 0 Å². The normalized spacial score (nSPS) is 14.2. The van der Waals surface area contributed by atoms with Gasteiger partial charge in [0, 0.05) is 6.04 Å². The van der Waals surface area contributed by atoms with E-state index >= 15 is 0 Å². The number of benzene rings is 1. The molecule has 3 N–H and O–H groups in total. The lowest BCUT2D eigenvalue weighted by molar-refractivity contribution is 0.280. The molecule has 1 aromatic rings. The van der Waals surface area contributed by atoms with E-state index in [-0.39, 0.29) is 12.6 Å². The number of rotatable bonds is 3. The fraction of sp³-hybridized carbons (Fsp3) is 0.273. The van der Waals surface area contributed by atoms with Crippen molar-refractivity contribution in [1.29, 1.82) is 0 Å². The summed E-state index contributed by atoms with van der Waals surface area (Å²) >= 11 is 0. The van der Waals surface area contributed by atoms with E-state index in [1.807, 2.05) is 43.3 Å². The van der Waals surface area contributed by atoms with Crippen LogP contribution in [-0.2, 0) is 0 Å². The molecule has 13 heavy (non-hydrogen) atoms. The molecule has 70 valence electrons. The molecule has 0 aromatic heterocycles. The molecular formula is C11H15NO. The summed E-state index contributed by atoms with van der Waals surface area (Å²) in [5.74, 6) is 0. The fourth-order valence-corrected chi connectivity index (χ4v) is 1.06. The minimum atomic E-state index is -0.250. The molecule has 0 bridgehead atoms. The van der Waals surface area contributed by atoms with Crippen LogP contribution < -0.4 is 5.73 Å². The van der Waals surface area contributed by atoms with Gasteiger partial charge in [-0.05, 0) is 12.5 Å². The molecule has 2 heteroatoms. The van der Waals surface area contributed by atoms with E-state index in [2.05, 4.69) is 0 Å². The fourth-order valence-electron chi connectivity index (χ4n) is 1.06. The van der Waals surface area contributed by atoms with Crippen molar-refractivity contribution in [3.63, 3.8) is 0 Å². The lowest BCUT2D eigenvalue weighted by Crippen LogP contribution is -2.25. The predicted octanol–water partition coefficient (Wildman–Crippen LogP) is 1.41. The number of hydrogen-bond donors (Lipinski definition) is 2. The highest BCUT2D eigenvalue weighted by atomic mass is 16.3. The Morgan fingerprint density at radius 2 is 2.08 bits per heavy atom. The zero-order chi connectivity index (χ0) is 9.68. The van der Waals surface area contributed by atoms with Crippen LogP contribution in [0.2, 0.25) is 0 Å². The molecule has 0 spiro atoms. The zero-order valence-electron chi connectivity index (χ0n) is 7.77. The number of aliphatic hydroxyl groups excluding tert-OH is 1. The van der Waals surface area contributed by atoms with Crippen molar-refractivity contribution in [3.8, 4) is 0 Å². The molecule has 1 rings (SSSR count). The first-order chi connectivity index (χ1) is 6.24. The Morgan fingerprint density at radius 3 is 2.62 bits per heavy atom. The molecule has 0 aliphatic carbocycles. The van der Waals surface area contributed by atoms with Gasteiger partial charge in [0.2, 0.25) is 0 Å². The summed E-state index contributed by atoms with van der Waals surface area (Å²) in [6.07, 6.45) is 1.99. The average Bonchev–Trinajstić information content (AvgIpc) is 2.18. The monoisotopic (exact) mass is 177 g/mol. The Bertz CT molecular complexity index is 279. The van der Waals surface area contributed by atoms with Gasteiger partial charge in [-0.2, -0.15) is 0 Å². The van der Waals surface area contributed by atoms with E-state index in [1.165, 1.54) is 0 Å². The highest BCUT2D eigenvalue weighted by molar-refractivity contribution is 5.53. The van der Waals surface area contributed by atoms with E-state index in [0.29, 0.717) is 0 Å². The molecule has 0 radical (unpaired) electrons. The molecule has 2 nitrogen and oxygen atoms in total. The Morgan fingerprint density at radius 1 is 1.46 bits per heavy atom. The van der Waals surface area contributed by atoms with E-state index in [9.17, 15) is 0 Å². The molecule has 0 heterocycles. The molecule has 1 aromatic carbocycles. The zero-order valence-corrected chi connectivity index (χ0v) is 7.77. The maximum absolute atomic E-state index is 8.82. The second-order valence-electron chi connectivity index (χ2n) is 3.09. The molecule has 0 aliphatic heterocycles. The summed E-state index contributed by atoms with van der Waals surface area (Å²) in [5, 5.41) is 8.82. The minimum absolute atomic E-state index is 0.00479. The molecular weight excluding hydrogens is 162 g/mol. The Labute approximate surface area is 78.7 Å². The van der Waals surface area contributed by atoms with Gasteiger partial charge in [0.1, 0.15) is 0 Å². The van der Waals surface area contributed by atoms with Gasteiger partial charge in [-0.1, -0.05) is 42.0 Å². The van der Waals surface area contributed by atoms with Crippen LogP contribution in [0.3, 0.4) is 0 Å². The Hall–Kier alpha value is -1.12. The summed E-state index contributed by atoms with van der Waals surface area (Å²) < 4.78 is 0. The Kier molecular flexibility index (Phi) is 3.68. The van der Waals surface area contributed by atoms with Crippen LogP contribution in [0, 0.1) is 0 Å². The standard InChI is InChI=1S/C11H15NO/c1-9(11(12)8-13)7-10-5-3-2-4-6-10/h2-7,11,13H,8,12H2,1H3/b9-7-/t11-/m1/s1. The third-order valence-corrected chi connectivity index (χ3v) is 1.98. The van der Waals surface area contributed by atoms with Crippen LogP contribution in [0.5, 0.6) is 0 Å². The maximum atomic E-state index is 8.82. The molecule has 1 atom stereocenters. The van der Waals surface area contributed by atoms with E-state index in [1.54, 1.807) is 0 Å². The topological polar surface area (TPSA) is 46.2 Å². The van der Waals surface area contributed by atoms with Crippen molar-refractivity contribution < 1.29 is 5.11 Å². The second-order valence-corrected chi connectivity index (χ2v) is 3.09. The SMILES string of the molecule is C/C(=C/c1ccccc1)[C@H](N)CO. The highest BCUT2D eigenvalue weighted by Gasteiger charge is 2.01. The van der Waals surface area contributed by atoms with Crippen molar-refractivity contribution >= 4 is 6.08 Å². The van der Waals surface area contributed by atoms with Crippen LogP contribution in [0.25, 0.3) is 6.08 Å². The van der Waals surface area contributed by atoms with Crippen molar-refractivity contribution in [3.05, 3.63) is 41.5 Å². The van der Waals surface area contributed by atoms with Crippen LogP contribution in [0.15, 0.2) is 35.9 Å². The third-order valence-electron chi connectivity index (χ3n) is 1.98. The van der Waals surface area contributed by atoms with Gasteiger partial charge in [-0.25, -0.2) is 0 Å². The largest absolute Gasteiger partial charge is 0.394 e. The van der Waals surface area contributed by atoms with Gasteiger partial charge in [-0.15, -0.1) is 0 Å². The predicted molar refractivity (Wildman–Crippen MR) is 55.2 cm³/mol. The lowest BCUT2D eigenvalue weighted by Gasteiger charge is -2.07. The number of nitrogens with two attached hydrogens (primary N) is 1. The quantitative estimate of drug-likeness (QED) is 0.733. The molecule has 0 aliphatic rings. The molecule has 0 fully saturated rings. The minimum Gasteiger partial charge on any atom is -0.394 e. The summed E-state index contributed by atoms with van der Waals surface area (Å²) in [4.78, 5) is 0. The first kappa shape index (κ1) is 9.96. The van der Waals surface area contributed by atoms with Gasteiger partial charge in [0.15, 0.2) is 0 Å². The van der Waals surface area contributed by atoms with Gasteiger partial charge < -0.3 is 10.8 Å². The summed E-state index contributed by atoms with van der Waals surface area (Å²) in [6.45, 7) is 1.92. The molecule has 0 unspecified atom stereocenters. The van der Waals surface area contributed by atoms with Crippen LogP contribution in [0.4, 0.5) is 0 Å². The number of aliphatic hydroxyl groups is 1. The second kappa shape index (κ2) is 4.80. The third kappa shape index (κ3) is 3.01. The van der Waals surface area contributed by atoms with Gasteiger partial charge in [0.25, 0.3) is 0 Å². The van der Waals surface area contributed by atoms with E-state index < -0.39 is 0 Å². The first-order valence-electron chi connectivity index (χ1n) is 4.33. The van der Waals surface area contributed by atoms with Crippen LogP contribution in [-0.4, -0.2) is 17.8 Å². The molecule has 0 amide bonds. The van der Waals surface area contributed by atoms with Crippen molar-refractivity contribution in [2.75, 3.05) is 6.61 Å². The maximum Gasteiger partial charge on any atom is 0.0621 e.